The van der Waals surface area contributed by atoms with Gasteiger partial charge in [-0.3, -0.25) is 4.68 Å². The van der Waals surface area contributed by atoms with Gasteiger partial charge in [-0.25, -0.2) is 4.79 Å². The lowest BCUT2D eigenvalue weighted by Gasteiger charge is -2.33. The molecule has 0 saturated carbocycles. The lowest BCUT2D eigenvalue weighted by atomic mass is 9.95. The molecule has 26 heavy (non-hydrogen) atoms. The topological polar surface area (TPSA) is 112 Å². The van der Waals surface area contributed by atoms with E-state index in [0.29, 0.717) is 0 Å². The first-order valence-electron chi connectivity index (χ1n) is 7.94. The number of fused-ring (bicyclic) bond motifs is 1. The van der Waals surface area contributed by atoms with Crippen LogP contribution in [0.15, 0.2) is 24.5 Å². The summed E-state index contributed by atoms with van der Waals surface area (Å²) in [4.78, 5) is 12.5. The van der Waals surface area contributed by atoms with Gasteiger partial charge in [0.1, 0.15) is 24.4 Å². The average Bonchev–Trinajstić information content (AvgIpc) is 2.95. The third-order valence-corrected chi connectivity index (χ3v) is 3.51. The zero-order chi connectivity index (χ0) is 18.9. The Hall–Kier alpha value is -2.72. The van der Waals surface area contributed by atoms with Gasteiger partial charge >= 0.3 is 13.1 Å². The number of carbonyl (C=O) groups is 1. The Balaban J connectivity index is 1.92. The van der Waals surface area contributed by atoms with E-state index in [4.69, 9.17) is 29.0 Å². The Morgan fingerprint density at radius 1 is 1.23 bits per heavy atom. The third-order valence-electron chi connectivity index (χ3n) is 3.51. The van der Waals surface area contributed by atoms with Gasteiger partial charge in [0.05, 0.1) is 6.20 Å². The maximum atomic E-state index is 12.5. The van der Waals surface area contributed by atoms with E-state index < -0.39 is 18.9 Å². The summed E-state index contributed by atoms with van der Waals surface area (Å²) in [6, 6.07) is 3.08. The minimum atomic E-state index is -1.66. The molecule has 2 N–H and O–H groups in total. The summed E-state index contributed by atoms with van der Waals surface area (Å²) < 4.78 is 23.7. The van der Waals surface area contributed by atoms with Gasteiger partial charge in [0.25, 0.3) is 0 Å². The van der Waals surface area contributed by atoms with Gasteiger partial charge in [0.2, 0.25) is 5.79 Å². The molecule has 0 atom stereocenters. The zero-order valence-corrected chi connectivity index (χ0v) is 14.6. The number of rotatable bonds is 6. The molecule has 0 radical (unpaired) electrons. The highest BCUT2D eigenvalue weighted by Crippen LogP contribution is 2.43. The highest BCUT2D eigenvalue weighted by molar-refractivity contribution is 6.40. The van der Waals surface area contributed by atoms with Crippen molar-refractivity contribution in [1.82, 2.24) is 9.78 Å². The molecule has 10 heteroatoms. The number of carbonyl (C=O) groups excluding carboxylic acids is 1. The second-order valence-electron chi connectivity index (χ2n) is 6.26. The Kier molecular flexibility index (Phi) is 4.79. The first-order valence-corrected chi connectivity index (χ1v) is 7.94. The first kappa shape index (κ1) is 18.1. The molecule has 0 unspecified atom stereocenters. The predicted octanol–water partition coefficient (Wildman–Crippen LogP) is 0.675. The van der Waals surface area contributed by atoms with E-state index in [2.05, 4.69) is 5.10 Å². The smallest absolute Gasteiger partial charge is 0.491 e. The molecule has 0 saturated heterocycles. The molecule has 1 aliphatic heterocycles. The number of cyclic esters (lactones) is 1. The van der Waals surface area contributed by atoms with E-state index in [1.54, 1.807) is 38.0 Å². The minimum Gasteiger partial charge on any atom is -0.492 e. The SMILES string of the molecule is Cn1cc(COc2ccc(OCB(O)O)c3c2C(=O)OC(C)(C)O3)cn1. The van der Waals surface area contributed by atoms with Crippen LogP contribution in [-0.2, 0) is 18.4 Å². The number of hydrogen-bond acceptors (Lipinski definition) is 8. The van der Waals surface area contributed by atoms with Crippen LogP contribution in [0.5, 0.6) is 17.2 Å². The lowest BCUT2D eigenvalue weighted by Crippen LogP contribution is -2.39. The standard InChI is InChI=1S/C16H19BN2O7/c1-16(2)25-14-12(24-9-17(21)22)5-4-11(13(14)15(20)26-16)23-8-10-6-18-19(3)7-10/h4-7,21-22H,8-9H2,1-3H3. The van der Waals surface area contributed by atoms with Crippen LogP contribution in [0.2, 0.25) is 0 Å². The van der Waals surface area contributed by atoms with Crippen LogP contribution in [-0.4, -0.2) is 45.2 Å². The molecule has 0 spiro atoms. The quantitative estimate of drug-likeness (QED) is 0.570. The van der Waals surface area contributed by atoms with Crippen molar-refractivity contribution in [1.29, 1.82) is 0 Å². The van der Waals surface area contributed by atoms with Crippen molar-refractivity contribution in [2.24, 2.45) is 7.05 Å². The van der Waals surface area contributed by atoms with Gasteiger partial charge in [-0.1, -0.05) is 0 Å². The number of esters is 1. The van der Waals surface area contributed by atoms with E-state index in [1.165, 1.54) is 12.1 Å². The number of aryl methyl sites for hydroxylation is 1. The molecular formula is C16H19BN2O7. The number of nitrogens with zero attached hydrogens (tertiary/aromatic N) is 2. The Morgan fingerprint density at radius 2 is 1.96 bits per heavy atom. The van der Waals surface area contributed by atoms with Gasteiger partial charge in [0.15, 0.2) is 11.5 Å². The van der Waals surface area contributed by atoms with Crippen LogP contribution in [0.3, 0.4) is 0 Å². The second kappa shape index (κ2) is 6.89. The molecular weight excluding hydrogens is 343 g/mol. The number of benzene rings is 1. The van der Waals surface area contributed by atoms with Crippen molar-refractivity contribution in [3.8, 4) is 17.2 Å². The zero-order valence-electron chi connectivity index (χ0n) is 14.6. The van der Waals surface area contributed by atoms with E-state index >= 15 is 0 Å². The summed E-state index contributed by atoms with van der Waals surface area (Å²) in [6.45, 7) is 3.00. The summed E-state index contributed by atoms with van der Waals surface area (Å²) in [6.07, 6.45) is 3.45. The molecule has 3 rings (SSSR count). The maximum Gasteiger partial charge on any atom is 0.491 e. The Bertz CT molecular complexity index is 819. The molecule has 0 amide bonds. The van der Waals surface area contributed by atoms with Gasteiger partial charge in [-0.05, 0) is 12.1 Å². The normalized spacial score (nSPS) is 14.9. The Labute approximate surface area is 150 Å². The highest BCUT2D eigenvalue weighted by atomic mass is 16.7. The second-order valence-corrected chi connectivity index (χ2v) is 6.26. The first-order chi connectivity index (χ1) is 12.2. The summed E-state index contributed by atoms with van der Waals surface area (Å²) in [7, 11) is 0.135. The van der Waals surface area contributed by atoms with Gasteiger partial charge in [-0.15, -0.1) is 0 Å². The molecule has 1 aromatic heterocycles. The summed E-state index contributed by atoms with van der Waals surface area (Å²) in [5.41, 5.74) is 0.911. The van der Waals surface area contributed by atoms with E-state index in [9.17, 15) is 4.79 Å². The van der Waals surface area contributed by atoms with Gasteiger partial charge in [-0.2, -0.15) is 5.10 Å². The van der Waals surface area contributed by atoms with Gasteiger partial charge in [0, 0.05) is 32.7 Å². The van der Waals surface area contributed by atoms with Crippen LogP contribution in [0.25, 0.3) is 0 Å². The molecule has 0 fully saturated rings. The Morgan fingerprint density at radius 3 is 2.62 bits per heavy atom. The molecule has 0 bridgehead atoms. The third kappa shape index (κ3) is 3.92. The summed E-state index contributed by atoms with van der Waals surface area (Å²) >= 11 is 0. The van der Waals surface area contributed by atoms with E-state index in [1.807, 2.05) is 0 Å². The van der Waals surface area contributed by atoms with Crippen molar-refractivity contribution < 1.29 is 33.8 Å². The highest BCUT2D eigenvalue weighted by Gasteiger charge is 2.38. The van der Waals surface area contributed by atoms with Crippen LogP contribution in [0.4, 0.5) is 0 Å². The van der Waals surface area contributed by atoms with Crippen LogP contribution < -0.4 is 14.2 Å². The molecule has 1 aliphatic rings. The fourth-order valence-corrected chi connectivity index (χ4v) is 2.49. The van der Waals surface area contributed by atoms with Crippen molar-refractivity contribution in [2.75, 3.05) is 6.51 Å². The van der Waals surface area contributed by atoms with Crippen LogP contribution >= 0.6 is 0 Å². The minimum absolute atomic E-state index is 0.0816. The number of hydrogen-bond donors (Lipinski definition) is 2. The number of aromatic nitrogens is 2. The molecule has 0 aliphatic carbocycles. The number of ether oxygens (including phenoxy) is 4. The molecule has 2 aromatic rings. The van der Waals surface area contributed by atoms with Crippen molar-refractivity contribution in [2.45, 2.75) is 26.2 Å². The molecule has 138 valence electrons. The molecule has 2 heterocycles. The summed E-state index contributed by atoms with van der Waals surface area (Å²) in [5, 5.41) is 22.1. The monoisotopic (exact) mass is 362 g/mol. The molecule has 1 aromatic carbocycles. The van der Waals surface area contributed by atoms with Crippen molar-refractivity contribution in [3.63, 3.8) is 0 Å². The lowest BCUT2D eigenvalue weighted by molar-refractivity contribution is -0.128. The van der Waals surface area contributed by atoms with Crippen molar-refractivity contribution in [3.05, 3.63) is 35.7 Å². The molecule has 9 nitrogen and oxygen atoms in total. The predicted molar refractivity (Wildman–Crippen MR) is 89.8 cm³/mol. The van der Waals surface area contributed by atoms with E-state index in [0.717, 1.165) is 5.56 Å². The van der Waals surface area contributed by atoms with Crippen molar-refractivity contribution >= 4 is 13.1 Å². The van der Waals surface area contributed by atoms with E-state index in [-0.39, 0.29) is 35.9 Å². The van der Waals surface area contributed by atoms with Gasteiger partial charge < -0.3 is 29.0 Å². The average molecular weight is 362 g/mol. The fraction of sp³-hybridized carbons (Fsp3) is 0.375. The largest absolute Gasteiger partial charge is 0.492 e. The van der Waals surface area contributed by atoms with Crippen LogP contribution in [0, 0.1) is 0 Å². The maximum absolute atomic E-state index is 12.5. The van der Waals surface area contributed by atoms with Crippen LogP contribution in [0.1, 0.15) is 29.8 Å². The fourth-order valence-electron chi connectivity index (χ4n) is 2.49. The summed E-state index contributed by atoms with van der Waals surface area (Å²) in [5.74, 6) is -1.22.